The van der Waals surface area contributed by atoms with Crippen molar-refractivity contribution in [3.05, 3.63) is 71.9 Å². The number of aromatic nitrogens is 1. The van der Waals surface area contributed by atoms with Crippen molar-refractivity contribution in [1.29, 1.82) is 0 Å². The van der Waals surface area contributed by atoms with Crippen molar-refractivity contribution in [3.63, 3.8) is 0 Å². The summed E-state index contributed by atoms with van der Waals surface area (Å²) in [5.74, 6) is -0.0933. The summed E-state index contributed by atoms with van der Waals surface area (Å²) < 4.78 is 2.04. The molecule has 0 saturated heterocycles. The van der Waals surface area contributed by atoms with Gasteiger partial charge in [-0.25, -0.2) is 0 Å². The van der Waals surface area contributed by atoms with Crippen molar-refractivity contribution in [2.45, 2.75) is 32.7 Å². The molecule has 3 aromatic rings. The first-order valence-corrected chi connectivity index (χ1v) is 9.86. The number of nitrogens with zero attached hydrogens (tertiary/aromatic N) is 1. The van der Waals surface area contributed by atoms with E-state index in [1.807, 2.05) is 53.1 Å². The van der Waals surface area contributed by atoms with E-state index in [1.165, 1.54) is 0 Å². The standard InChI is InChI=1S/C23H27N3O2/c1-2-3-13-22(27)24-14-15-25-23(28)21-16-19-11-7-8-12-20(19)26(21)17-18-9-5-4-6-10-18/h4-12,16H,2-3,13-15,17H2,1H3,(H,24,27)(H,25,28). The second-order valence-electron chi connectivity index (χ2n) is 6.87. The molecular formula is C23H27N3O2. The fraction of sp³-hybridized carbons (Fsp3) is 0.304. The third-order valence-corrected chi connectivity index (χ3v) is 4.72. The Kier molecular flexibility index (Phi) is 6.84. The summed E-state index contributed by atoms with van der Waals surface area (Å²) in [4.78, 5) is 24.5. The zero-order valence-electron chi connectivity index (χ0n) is 16.3. The highest BCUT2D eigenvalue weighted by Gasteiger charge is 2.15. The monoisotopic (exact) mass is 377 g/mol. The van der Waals surface area contributed by atoms with Crippen LogP contribution in [0.3, 0.4) is 0 Å². The van der Waals surface area contributed by atoms with Gasteiger partial charge in [0.2, 0.25) is 5.91 Å². The molecule has 0 radical (unpaired) electrons. The number of fused-ring (bicyclic) bond motifs is 1. The number of amides is 2. The quantitative estimate of drug-likeness (QED) is 0.558. The predicted molar refractivity (Wildman–Crippen MR) is 112 cm³/mol. The number of hydrogen-bond acceptors (Lipinski definition) is 2. The van der Waals surface area contributed by atoms with Gasteiger partial charge in [0.25, 0.3) is 5.91 Å². The van der Waals surface area contributed by atoms with Crippen LogP contribution >= 0.6 is 0 Å². The summed E-state index contributed by atoms with van der Waals surface area (Å²) in [6, 6.07) is 20.0. The molecule has 0 atom stereocenters. The molecule has 2 amide bonds. The van der Waals surface area contributed by atoms with Crippen LogP contribution in [0.4, 0.5) is 0 Å². The van der Waals surface area contributed by atoms with Gasteiger partial charge >= 0.3 is 0 Å². The van der Waals surface area contributed by atoms with E-state index in [4.69, 9.17) is 0 Å². The van der Waals surface area contributed by atoms with Crippen LogP contribution in [-0.4, -0.2) is 29.5 Å². The van der Waals surface area contributed by atoms with Crippen molar-refractivity contribution in [1.82, 2.24) is 15.2 Å². The van der Waals surface area contributed by atoms with Crippen molar-refractivity contribution in [3.8, 4) is 0 Å². The largest absolute Gasteiger partial charge is 0.354 e. The lowest BCUT2D eigenvalue weighted by Gasteiger charge is -2.12. The number of benzene rings is 2. The lowest BCUT2D eigenvalue weighted by Crippen LogP contribution is -2.35. The Morgan fingerprint density at radius 1 is 0.929 bits per heavy atom. The molecule has 0 spiro atoms. The molecule has 28 heavy (non-hydrogen) atoms. The molecule has 2 aromatic carbocycles. The Hall–Kier alpha value is -3.08. The van der Waals surface area contributed by atoms with Gasteiger partial charge < -0.3 is 15.2 Å². The van der Waals surface area contributed by atoms with Crippen molar-refractivity contribution < 1.29 is 9.59 Å². The van der Waals surface area contributed by atoms with Crippen LogP contribution in [0.2, 0.25) is 0 Å². The van der Waals surface area contributed by atoms with Crippen molar-refractivity contribution >= 4 is 22.7 Å². The molecule has 5 heteroatoms. The third-order valence-electron chi connectivity index (χ3n) is 4.72. The molecule has 0 fully saturated rings. The highest BCUT2D eigenvalue weighted by Crippen LogP contribution is 2.21. The van der Waals surface area contributed by atoms with E-state index in [-0.39, 0.29) is 11.8 Å². The van der Waals surface area contributed by atoms with E-state index >= 15 is 0 Å². The Balaban J connectivity index is 1.68. The lowest BCUT2D eigenvalue weighted by molar-refractivity contribution is -0.121. The summed E-state index contributed by atoms with van der Waals surface area (Å²) in [5.41, 5.74) is 2.80. The fourth-order valence-corrected chi connectivity index (χ4v) is 3.23. The number of para-hydroxylation sites is 1. The molecule has 3 rings (SSSR count). The number of unbranched alkanes of at least 4 members (excludes halogenated alkanes) is 1. The average molecular weight is 377 g/mol. The number of hydrogen-bond donors (Lipinski definition) is 2. The highest BCUT2D eigenvalue weighted by atomic mass is 16.2. The molecule has 146 valence electrons. The number of rotatable bonds is 9. The number of carbonyl (C=O) groups is 2. The lowest BCUT2D eigenvalue weighted by atomic mass is 10.2. The fourth-order valence-electron chi connectivity index (χ4n) is 3.23. The van der Waals surface area contributed by atoms with E-state index in [2.05, 4.69) is 29.7 Å². The zero-order chi connectivity index (χ0) is 19.8. The Bertz CT molecular complexity index is 931. The second-order valence-corrected chi connectivity index (χ2v) is 6.87. The topological polar surface area (TPSA) is 63.1 Å². The Morgan fingerprint density at radius 3 is 2.43 bits per heavy atom. The number of carbonyl (C=O) groups excluding carboxylic acids is 2. The van der Waals surface area contributed by atoms with E-state index in [0.29, 0.717) is 31.7 Å². The van der Waals surface area contributed by atoms with Gasteiger partial charge in [-0.05, 0) is 24.1 Å². The van der Waals surface area contributed by atoms with Gasteiger partial charge in [-0.2, -0.15) is 0 Å². The van der Waals surface area contributed by atoms with E-state index in [1.54, 1.807) is 0 Å². The first kappa shape index (κ1) is 19.7. The number of nitrogens with one attached hydrogen (secondary N) is 2. The molecule has 5 nitrogen and oxygen atoms in total. The molecule has 0 saturated carbocycles. The van der Waals surface area contributed by atoms with E-state index in [0.717, 1.165) is 29.3 Å². The minimum atomic E-state index is -0.130. The smallest absolute Gasteiger partial charge is 0.268 e. The highest BCUT2D eigenvalue weighted by molar-refractivity contribution is 5.98. The van der Waals surface area contributed by atoms with Crippen LogP contribution in [0.25, 0.3) is 10.9 Å². The van der Waals surface area contributed by atoms with Gasteiger partial charge in [0.1, 0.15) is 5.69 Å². The molecule has 0 aliphatic carbocycles. The third kappa shape index (κ3) is 5.00. The van der Waals surface area contributed by atoms with Gasteiger partial charge in [-0.15, -0.1) is 0 Å². The molecule has 0 unspecified atom stereocenters. The van der Waals surface area contributed by atoms with Crippen LogP contribution in [0.1, 0.15) is 42.2 Å². The minimum Gasteiger partial charge on any atom is -0.354 e. The summed E-state index contributed by atoms with van der Waals surface area (Å²) in [6.45, 7) is 3.53. The maximum atomic E-state index is 12.8. The maximum absolute atomic E-state index is 12.8. The van der Waals surface area contributed by atoms with Crippen molar-refractivity contribution in [2.75, 3.05) is 13.1 Å². The minimum absolute atomic E-state index is 0.0364. The van der Waals surface area contributed by atoms with Gasteiger partial charge in [0.05, 0.1) is 0 Å². The first-order chi connectivity index (χ1) is 13.7. The van der Waals surface area contributed by atoms with Gasteiger partial charge in [0, 0.05) is 37.0 Å². The normalized spacial score (nSPS) is 10.8. The zero-order valence-corrected chi connectivity index (χ0v) is 16.3. The molecule has 0 bridgehead atoms. The van der Waals surface area contributed by atoms with Gasteiger partial charge in [-0.1, -0.05) is 61.9 Å². The molecule has 2 N–H and O–H groups in total. The Labute approximate surface area is 165 Å². The summed E-state index contributed by atoms with van der Waals surface area (Å²) in [7, 11) is 0. The van der Waals surface area contributed by atoms with Crippen LogP contribution in [-0.2, 0) is 11.3 Å². The molecule has 1 aromatic heterocycles. The summed E-state index contributed by atoms with van der Waals surface area (Å²) in [6.07, 6.45) is 2.42. The van der Waals surface area contributed by atoms with Crippen LogP contribution in [0.15, 0.2) is 60.7 Å². The maximum Gasteiger partial charge on any atom is 0.268 e. The van der Waals surface area contributed by atoms with Gasteiger partial charge in [0.15, 0.2) is 0 Å². The van der Waals surface area contributed by atoms with Crippen molar-refractivity contribution in [2.24, 2.45) is 0 Å². The molecule has 1 heterocycles. The van der Waals surface area contributed by atoms with Crippen LogP contribution in [0, 0.1) is 0 Å². The SMILES string of the molecule is CCCCC(=O)NCCNC(=O)c1cc2ccccc2n1Cc1ccccc1. The predicted octanol–water partition coefficient (Wildman–Crippen LogP) is 3.73. The molecular weight excluding hydrogens is 350 g/mol. The molecule has 0 aliphatic heterocycles. The van der Waals surface area contributed by atoms with Crippen LogP contribution in [0.5, 0.6) is 0 Å². The van der Waals surface area contributed by atoms with Crippen LogP contribution < -0.4 is 10.6 Å². The first-order valence-electron chi connectivity index (χ1n) is 9.86. The molecule has 0 aliphatic rings. The Morgan fingerprint density at radius 2 is 1.64 bits per heavy atom. The summed E-state index contributed by atoms with van der Waals surface area (Å²) in [5, 5.41) is 6.81. The second kappa shape index (κ2) is 9.74. The van der Waals surface area contributed by atoms with E-state index in [9.17, 15) is 9.59 Å². The van der Waals surface area contributed by atoms with E-state index < -0.39 is 0 Å². The van der Waals surface area contributed by atoms with Gasteiger partial charge in [-0.3, -0.25) is 9.59 Å². The average Bonchev–Trinajstić information content (AvgIpc) is 3.09. The summed E-state index contributed by atoms with van der Waals surface area (Å²) >= 11 is 0.